The Balaban J connectivity index is 1.29. The Morgan fingerprint density at radius 2 is 1.95 bits per heavy atom. The highest BCUT2D eigenvalue weighted by Crippen LogP contribution is 2.38. The van der Waals surface area contributed by atoms with E-state index in [0.717, 1.165) is 10.2 Å². The molecule has 1 saturated carbocycles. The van der Waals surface area contributed by atoms with Crippen molar-refractivity contribution in [3.8, 4) is 10.6 Å². The van der Waals surface area contributed by atoms with Gasteiger partial charge in [0.05, 0.1) is 40.3 Å². The molecule has 0 bridgehead atoms. The number of aromatic nitrogens is 5. The topological polar surface area (TPSA) is 152 Å². The Bertz CT molecular complexity index is 1430. The van der Waals surface area contributed by atoms with E-state index in [0.29, 0.717) is 53.4 Å². The van der Waals surface area contributed by atoms with Crippen molar-refractivity contribution in [2.45, 2.75) is 37.6 Å². The fourth-order valence-electron chi connectivity index (χ4n) is 5.04. The number of hydrogen-bond donors (Lipinski definition) is 5. The van der Waals surface area contributed by atoms with Crippen LogP contribution in [0, 0.1) is 18.7 Å². The van der Waals surface area contributed by atoms with Gasteiger partial charge in [-0.05, 0) is 31.5 Å². The molecule has 5 heterocycles. The maximum atomic E-state index is 14.1. The molecule has 2 aliphatic rings. The van der Waals surface area contributed by atoms with Crippen molar-refractivity contribution in [3.05, 3.63) is 48.3 Å². The van der Waals surface area contributed by atoms with Gasteiger partial charge < -0.3 is 30.9 Å². The molecule has 0 radical (unpaired) electrons. The van der Waals surface area contributed by atoms with E-state index in [4.69, 9.17) is 9.97 Å². The molecule has 4 atom stereocenters. The zero-order chi connectivity index (χ0) is 26.4. The minimum absolute atomic E-state index is 0.0132. The summed E-state index contributed by atoms with van der Waals surface area (Å²) in [6.45, 7) is 2.72. The first-order valence-electron chi connectivity index (χ1n) is 12.4. The van der Waals surface area contributed by atoms with Crippen molar-refractivity contribution >= 4 is 39.1 Å². The highest BCUT2D eigenvalue weighted by atomic mass is 32.1. The second kappa shape index (κ2) is 9.98. The van der Waals surface area contributed by atoms with E-state index in [1.54, 1.807) is 24.7 Å². The Morgan fingerprint density at radius 3 is 2.68 bits per heavy atom. The molecule has 0 amide bonds. The maximum Gasteiger partial charge on any atom is 0.225 e. The van der Waals surface area contributed by atoms with Crippen LogP contribution in [0.25, 0.3) is 20.8 Å². The lowest BCUT2D eigenvalue weighted by molar-refractivity contribution is 0.00446. The number of aliphatic hydroxyl groups is 3. The first-order valence-corrected chi connectivity index (χ1v) is 13.2. The second-order valence-electron chi connectivity index (χ2n) is 9.68. The third kappa shape index (κ3) is 4.51. The summed E-state index contributed by atoms with van der Waals surface area (Å²) in [5.74, 6) is 0.368. The summed E-state index contributed by atoms with van der Waals surface area (Å²) in [6.07, 6.45) is 3.24. The normalized spacial score (nSPS) is 23.6. The standard InChI is InChI=1S/C25H27FN8O3S/c1-12-19(24-32-17-8-27-6-4-18(17)38-24)22(31-16-7-13(11-35)20(36)21(16)37)33-25(29-12)30-14-9-34(10-14)23-15(26)3-2-5-28-23/h2-6,8,13-14,16,20-21,35-37H,7,9-11H2,1H3,(H2,29,30,31,33)/t13-,16-,20-,21+/m1/s1. The van der Waals surface area contributed by atoms with Crippen LogP contribution in [-0.2, 0) is 0 Å². The van der Waals surface area contributed by atoms with Gasteiger partial charge in [0.15, 0.2) is 11.6 Å². The Hall–Kier alpha value is -3.52. The summed E-state index contributed by atoms with van der Waals surface area (Å²) >= 11 is 1.49. The third-order valence-corrected chi connectivity index (χ3v) is 8.16. The molecular formula is C25H27FN8O3S. The van der Waals surface area contributed by atoms with Gasteiger partial charge in [0, 0.05) is 38.0 Å². The summed E-state index contributed by atoms with van der Waals surface area (Å²) < 4.78 is 15.1. The van der Waals surface area contributed by atoms with Crippen LogP contribution < -0.4 is 15.5 Å². The molecule has 2 fully saturated rings. The fourth-order valence-corrected chi connectivity index (χ4v) is 6.08. The predicted molar refractivity (Wildman–Crippen MR) is 142 cm³/mol. The Labute approximate surface area is 221 Å². The van der Waals surface area contributed by atoms with E-state index >= 15 is 0 Å². The number of thiazole rings is 1. The van der Waals surface area contributed by atoms with Gasteiger partial charge in [-0.25, -0.2) is 19.3 Å². The molecular weight excluding hydrogens is 511 g/mol. The summed E-state index contributed by atoms with van der Waals surface area (Å²) in [4.78, 5) is 24.3. The van der Waals surface area contributed by atoms with Gasteiger partial charge in [0.2, 0.25) is 5.95 Å². The number of pyridine rings is 2. The van der Waals surface area contributed by atoms with E-state index in [1.165, 1.54) is 17.4 Å². The molecule has 5 N–H and O–H groups in total. The van der Waals surface area contributed by atoms with Crippen molar-refractivity contribution in [1.29, 1.82) is 0 Å². The van der Waals surface area contributed by atoms with Crippen molar-refractivity contribution in [2.75, 3.05) is 35.2 Å². The Morgan fingerprint density at radius 1 is 1.11 bits per heavy atom. The van der Waals surface area contributed by atoms with E-state index in [1.807, 2.05) is 17.9 Å². The lowest BCUT2D eigenvalue weighted by Gasteiger charge is -2.40. The number of aryl methyl sites for hydroxylation is 1. The number of aliphatic hydroxyl groups excluding tert-OH is 3. The van der Waals surface area contributed by atoms with E-state index in [9.17, 15) is 19.7 Å². The van der Waals surface area contributed by atoms with Crippen LogP contribution in [0.3, 0.4) is 0 Å². The number of anilines is 3. The van der Waals surface area contributed by atoms with Crippen molar-refractivity contribution < 1.29 is 19.7 Å². The third-order valence-electron chi connectivity index (χ3n) is 7.11. The smallest absolute Gasteiger partial charge is 0.225 e. The van der Waals surface area contributed by atoms with Crippen LogP contribution in [0.5, 0.6) is 0 Å². The number of halogens is 1. The van der Waals surface area contributed by atoms with Crippen LogP contribution in [0.1, 0.15) is 12.1 Å². The zero-order valence-electron chi connectivity index (χ0n) is 20.5. The first kappa shape index (κ1) is 24.8. The second-order valence-corrected chi connectivity index (χ2v) is 10.7. The molecule has 6 rings (SSSR count). The summed E-state index contributed by atoms with van der Waals surface area (Å²) in [5, 5.41) is 37.9. The predicted octanol–water partition coefficient (Wildman–Crippen LogP) is 1.81. The fraction of sp³-hybridized carbons (Fsp3) is 0.400. The van der Waals surface area contributed by atoms with Gasteiger partial charge >= 0.3 is 0 Å². The maximum absolute atomic E-state index is 14.1. The lowest BCUT2D eigenvalue weighted by Crippen LogP contribution is -2.55. The van der Waals surface area contributed by atoms with Crippen LogP contribution in [-0.4, -0.2) is 84.2 Å². The Kier molecular flexibility index (Phi) is 6.51. The zero-order valence-corrected chi connectivity index (χ0v) is 21.3. The van der Waals surface area contributed by atoms with E-state index in [2.05, 4.69) is 25.6 Å². The molecule has 38 heavy (non-hydrogen) atoms. The molecule has 13 heteroatoms. The monoisotopic (exact) mass is 538 g/mol. The lowest BCUT2D eigenvalue weighted by atomic mass is 10.1. The molecule has 0 spiro atoms. The highest BCUT2D eigenvalue weighted by molar-refractivity contribution is 7.21. The van der Waals surface area contributed by atoms with Crippen LogP contribution in [0.15, 0.2) is 36.8 Å². The molecule has 11 nitrogen and oxygen atoms in total. The number of hydrogen-bond acceptors (Lipinski definition) is 12. The first-order chi connectivity index (χ1) is 18.4. The number of nitrogens with zero attached hydrogens (tertiary/aromatic N) is 6. The molecule has 4 aromatic heterocycles. The molecule has 1 saturated heterocycles. The van der Waals surface area contributed by atoms with Crippen molar-refractivity contribution in [3.63, 3.8) is 0 Å². The van der Waals surface area contributed by atoms with Gasteiger partial charge in [-0.15, -0.1) is 11.3 Å². The van der Waals surface area contributed by atoms with Gasteiger partial charge in [0.1, 0.15) is 22.4 Å². The van der Waals surface area contributed by atoms with E-state index in [-0.39, 0.29) is 18.5 Å². The van der Waals surface area contributed by atoms with Crippen LogP contribution >= 0.6 is 11.3 Å². The van der Waals surface area contributed by atoms with Gasteiger partial charge in [-0.2, -0.15) is 4.98 Å². The van der Waals surface area contributed by atoms with Crippen molar-refractivity contribution in [1.82, 2.24) is 24.9 Å². The summed E-state index contributed by atoms with van der Waals surface area (Å²) in [6, 6.07) is 4.31. The minimum Gasteiger partial charge on any atom is -0.396 e. The number of rotatable bonds is 7. The average molecular weight is 539 g/mol. The van der Waals surface area contributed by atoms with Crippen molar-refractivity contribution in [2.24, 2.45) is 5.92 Å². The van der Waals surface area contributed by atoms with Gasteiger partial charge in [-0.3, -0.25) is 4.98 Å². The molecule has 198 valence electrons. The van der Waals surface area contributed by atoms with Crippen LogP contribution in [0.2, 0.25) is 0 Å². The molecule has 0 aromatic carbocycles. The quantitative estimate of drug-likeness (QED) is 0.234. The van der Waals surface area contributed by atoms with Gasteiger partial charge in [0.25, 0.3) is 0 Å². The largest absolute Gasteiger partial charge is 0.396 e. The van der Waals surface area contributed by atoms with Crippen LogP contribution in [0.4, 0.5) is 22.0 Å². The number of fused-ring (bicyclic) bond motifs is 1. The summed E-state index contributed by atoms with van der Waals surface area (Å²) in [7, 11) is 0. The highest BCUT2D eigenvalue weighted by Gasteiger charge is 2.41. The molecule has 4 aromatic rings. The van der Waals surface area contributed by atoms with Gasteiger partial charge in [-0.1, -0.05) is 0 Å². The number of nitrogens with one attached hydrogen (secondary N) is 2. The minimum atomic E-state index is -1.07. The molecule has 0 unspecified atom stereocenters. The SMILES string of the molecule is Cc1nc(NC2CN(c3ncccc3F)C2)nc(N[C@@H]2C[C@H](CO)[C@@H](O)[C@H]2O)c1-c1nc2cnccc2s1. The molecule has 1 aliphatic heterocycles. The van der Waals surface area contributed by atoms with E-state index < -0.39 is 24.2 Å². The summed E-state index contributed by atoms with van der Waals surface area (Å²) in [5.41, 5.74) is 2.13. The molecule has 1 aliphatic carbocycles. The average Bonchev–Trinajstić information content (AvgIpc) is 3.42.